The largest absolute Gasteiger partial charge is 0.497 e. The molecule has 1 heterocycles. The highest BCUT2D eigenvalue weighted by Crippen LogP contribution is 2.27. The molecule has 0 radical (unpaired) electrons. The summed E-state index contributed by atoms with van der Waals surface area (Å²) in [7, 11) is 1.68. The predicted molar refractivity (Wildman–Crippen MR) is 110 cm³/mol. The number of nitrogens with two attached hydrogens (primary N) is 1. The lowest BCUT2D eigenvalue weighted by molar-refractivity contribution is 0.414. The van der Waals surface area contributed by atoms with E-state index in [2.05, 4.69) is 46.0 Å². The Labute approximate surface area is 165 Å². The molecule has 0 spiro atoms. The minimum absolute atomic E-state index is 0.0996. The average molecular weight is 383 g/mol. The van der Waals surface area contributed by atoms with Gasteiger partial charge in [0.15, 0.2) is 11.0 Å². The zero-order chi connectivity index (χ0) is 19.1. The molecule has 1 aromatic heterocycles. The molecule has 3 aromatic rings. The second-order valence-corrected chi connectivity index (χ2v) is 7.39. The second kappa shape index (κ2) is 9.58. The monoisotopic (exact) mass is 382 g/mol. The van der Waals surface area contributed by atoms with E-state index >= 15 is 0 Å². The summed E-state index contributed by atoms with van der Waals surface area (Å²) in [5.41, 5.74) is 8.77. The molecular formula is C21H26N4OS. The van der Waals surface area contributed by atoms with Crippen molar-refractivity contribution in [1.82, 2.24) is 14.8 Å². The van der Waals surface area contributed by atoms with Gasteiger partial charge in [-0.05, 0) is 29.7 Å². The summed E-state index contributed by atoms with van der Waals surface area (Å²) < 4.78 is 7.47. The van der Waals surface area contributed by atoms with Gasteiger partial charge in [-0.1, -0.05) is 67.6 Å². The minimum atomic E-state index is -0.0996. The van der Waals surface area contributed by atoms with Gasteiger partial charge >= 0.3 is 0 Å². The molecule has 5 nitrogen and oxygen atoms in total. The SMILES string of the molecule is CCCC(N)c1nnc(SCc2cccc(OC)c2)n1Cc1ccccc1. The molecule has 2 aromatic carbocycles. The maximum atomic E-state index is 6.37. The molecule has 0 aliphatic carbocycles. The van der Waals surface area contributed by atoms with Crippen LogP contribution in [0.1, 0.15) is 42.8 Å². The van der Waals surface area contributed by atoms with E-state index in [9.17, 15) is 0 Å². The molecule has 142 valence electrons. The first-order valence-electron chi connectivity index (χ1n) is 9.19. The zero-order valence-corrected chi connectivity index (χ0v) is 16.7. The molecule has 6 heteroatoms. The van der Waals surface area contributed by atoms with Crippen molar-refractivity contribution in [2.24, 2.45) is 5.73 Å². The van der Waals surface area contributed by atoms with E-state index < -0.39 is 0 Å². The van der Waals surface area contributed by atoms with E-state index in [4.69, 9.17) is 10.5 Å². The first-order chi connectivity index (χ1) is 13.2. The Kier molecular flexibility index (Phi) is 6.90. The maximum Gasteiger partial charge on any atom is 0.191 e. The molecular weight excluding hydrogens is 356 g/mol. The van der Waals surface area contributed by atoms with E-state index in [0.717, 1.165) is 41.9 Å². The van der Waals surface area contributed by atoms with Gasteiger partial charge in [-0.25, -0.2) is 0 Å². The molecule has 1 atom stereocenters. The van der Waals surface area contributed by atoms with Crippen molar-refractivity contribution in [1.29, 1.82) is 0 Å². The smallest absolute Gasteiger partial charge is 0.191 e. The van der Waals surface area contributed by atoms with Crippen LogP contribution in [0.3, 0.4) is 0 Å². The van der Waals surface area contributed by atoms with Crippen molar-refractivity contribution in [2.45, 2.75) is 43.3 Å². The Morgan fingerprint density at radius 1 is 1.07 bits per heavy atom. The standard InChI is InChI=1S/C21H26N4OS/c1-3-8-19(22)20-23-24-21(25(20)14-16-9-5-4-6-10-16)27-15-17-11-7-12-18(13-17)26-2/h4-7,9-13,19H,3,8,14-15,22H2,1-2H3. The van der Waals surface area contributed by atoms with Crippen LogP contribution < -0.4 is 10.5 Å². The second-order valence-electron chi connectivity index (χ2n) is 6.45. The zero-order valence-electron chi connectivity index (χ0n) is 15.8. The van der Waals surface area contributed by atoms with Gasteiger partial charge in [0.1, 0.15) is 5.75 Å². The Morgan fingerprint density at radius 2 is 1.85 bits per heavy atom. The summed E-state index contributed by atoms with van der Waals surface area (Å²) in [6.07, 6.45) is 1.92. The van der Waals surface area contributed by atoms with E-state index in [0.29, 0.717) is 0 Å². The molecule has 0 amide bonds. The molecule has 0 saturated carbocycles. The topological polar surface area (TPSA) is 66.0 Å². The Morgan fingerprint density at radius 3 is 2.59 bits per heavy atom. The first kappa shape index (κ1) is 19.5. The van der Waals surface area contributed by atoms with Crippen molar-refractivity contribution >= 4 is 11.8 Å². The lowest BCUT2D eigenvalue weighted by atomic mass is 10.1. The van der Waals surface area contributed by atoms with Crippen LogP contribution in [0.2, 0.25) is 0 Å². The third kappa shape index (κ3) is 5.11. The molecule has 0 bridgehead atoms. The molecule has 0 fully saturated rings. The van der Waals surface area contributed by atoms with Crippen LogP contribution in [0.4, 0.5) is 0 Å². The summed E-state index contributed by atoms with van der Waals surface area (Å²) >= 11 is 1.67. The summed E-state index contributed by atoms with van der Waals surface area (Å²) in [5, 5.41) is 9.75. The fourth-order valence-corrected chi connectivity index (χ4v) is 3.83. The number of rotatable bonds is 9. The van der Waals surface area contributed by atoms with Crippen molar-refractivity contribution in [2.75, 3.05) is 7.11 Å². The van der Waals surface area contributed by atoms with Gasteiger partial charge < -0.3 is 15.0 Å². The number of hydrogen-bond donors (Lipinski definition) is 1. The number of benzene rings is 2. The van der Waals surface area contributed by atoms with Gasteiger partial charge in [-0.2, -0.15) is 0 Å². The summed E-state index contributed by atoms with van der Waals surface area (Å²) in [6, 6.07) is 18.4. The first-order valence-corrected chi connectivity index (χ1v) is 10.2. The van der Waals surface area contributed by atoms with E-state index in [-0.39, 0.29) is 6.04 Å². The van der Waals surface area contributed by atoms with E-state index in [1.807, 2.05) is 30.3 Å². The van der Waals surface area contributed by atoms with Crippen LogP contribution >= 0.6 is 11.8 Å². The van der Waals surface area contributed by atoms with Crippen LogP contribution in [0.15, 0.2) is 59.8 Å². The highest BCUT2D eigenvalue weighted by molar-refractivity contribution is 7.98. The number of thioether (sulfide) groups is 1. The summed E-state index contributed by atoms with van der Waals surface area (Å²) in [6.45, 7) is 2.86. The van der Waals surface area contributed by atoms with E-state index in [1.54, 1.807) is 18.9 Å². The van der Waals surface area contributed by atoms with Crippen LogP contribution in [0, 0.1) is 0 Å². The number of aromatic nitrogens is 3. The Balaban J connectivity index is 1.82. The molecule has 0 aliphatic rings. The fourth-order valence-electron chi connectivity index (χ4n) is 2.95. The molecule has 3 rings (SSSR count). The predicted octanol–water partition coefficient (Wildman–Crippen LogP) is 4.43. The molecule has 0 saturated heterocycles. The van der Waals surface area contributed by atoms with Crippen molar-refractivity contribution in [3.8, 4) is 5.75 Å². The van der Waals surface area contributed by atoms with E-state index in [1.165, 1.54) is 11.1 Å². The molecule has 2 N–H and O–H groups in total. The minimum Gasteiger partial charge on any atom is -0.497 e. The highest BCUT2D eigenvalue weighted by atomic mass is 32.2. The third-order valence-electron chi connectivity index (χ3n) is 4.36. The number of hydrogen-bond acceptors (Lipinski definition) is 5. The Bertz CT molecular complexity index is 850. The van der Waals surface area contributed by atoms with Crippen LogP contribution in [0.25, 0.3) is 0 Å². The third-order valence-corrected chi connectivity index (χ3v) is 5.40. The van der Waals surface area contributed by atoms with Crippen molar-refractivity contribution in [3.05, 3.63) is 71.5 Å². The van der Waals surface area contributed by atoms with Gasteiger partial charge in [0.2, 0.25) is 0 Å². The van der Waals surface area contributed by atoms with Crippen LogP contribution in [0.5, 0.6) is 5.75 Å². The van der Waals surface area contributed by atoms with Gasteiger partial charge in [-0.3, -0.25) is 0 Å². The van der Waals surface area contributed by atoms with Crippen LogP contribution in [-0.2, 0) is 12.3 Å². The summed E-state index contributed by atoms with van der Waals surface area (Å²) in [4.78, 5) is 0. The maximum absolute atomic E-state index is 6.37. The van der Waals surface area contributed by atoms with Gasteiger partial charge in [-0.15, -0.1) is 10.2 Å². The van der Waals surface area contributed by atoms with Gasteiger partial charge in [0.25, 0.3) is 0 Å². The van der Waals surface area contributed by atoms with Crippen LogP contribution in [-0.4, -0.2) is 21.9 Å². The summed E-state index contributed by atoms with van der Waals surface area (Å²) in [5.74, 6) is 2.52. The van der Waals surface area contributed by atoms with Crippen molar-refractivity contribution < 1.29 is 4.74 Å². The van der Waals surface area contributed by atoms with Gasteiger partial charge in [0.05, 0.1) is 19.7 Å². The highest BCUT2D eigenvalue weighted by Gasteiger charge is 2.18. The lowest BCUT2D eigenvalue weighted by Crippen LogP contribution is -2.17. The van der Waals surface area contributed by atoms with Crippen molar-refractivity contribution in [3.63, 3.8) is 0 Å². The van der Waals surface area contributed by atoms with Gasteiger partial charge in [0, 0.05) is 5.75 Å². The number of methoxy groups -OCH3 is 1. The molecule has 1 unspecified atom stereocenters. The number of ether oxygens (including phenoxy) is 1. The fraction of sp³-hybridized carbons (Fsp3) is 0.333. The Hall–Kier alpha value is -2.31. The quantitative estimate of drug-likeness (QED) is 0.555. The number of nitrogens with zero attached hydrogens (tertiary/aromatic N) is 3. The molecule has 27 heavy (non-hydrogen) atoms. The lowest BCUT2D eigenvalue weighted by Gasteiger charge is -2.14. The molecule has 0 aliphatic heterocycles. The normalized spacial score (nSPS) is 12.1. The average Bonchev–Trinajstić information content (AvgIpc) is 3.10.